The first-order valence-electron chi connectivity index (χ1n) is 11.8. The van der Waals surface area contributed by atoms with Gasteiger partial charge >= 0.3 is 0 Å². The maximum absolute atomic E-state index is 13.8. The number of Topliss-reactive ketones (excluding diaryl/α,β-unsaturated/α-hetero) is 1. The van der Waals surface area contributed by atoms with Crippen molar-refractivity contribution in [3.8, 4) is 5.75 Å². The Hall–Kier alpha value is -4.43. The number of hydrogen-bond donors (Lipinski definition) is 1. The summed E-state index contributed by atoms with van der Waals surface area (Å²) in [4.78, 5) is 33.3. The monoisotopic (exact) mass is 510 g/mol. The van der Waals surface area contributed by atoms with Crippen LogP contribution in [0.1, 0.15) is 34.6 Å². The predicted molar refractivity (Wildman–Crippen MR) is 142 cm³/mol. The second-order valence-corrected chi connectivity index (χ2v) is 9.80. The van der Waals surface area contributed by atoms with Crippen molar-refractivity contribution < 1.29 is 23.8 Å². The lowest BCUT2D eigenvalue weighted by molar-refractivity contribution is -0.117. The topological polar surface area (TPSA) is 92.9 Å². The van der Waals surface area contributed by atoms with Crippen LogP contribution < -0.4 is 9.64 Å². The molecule has 0 radical (unpaired) electrons. The van der Waals surface area contributed by atoms with Crippen molar-refractivity contribution in [1.29, 1.82) is 0 Å². The summed E-state index contributed by atoms with van der Waals surface area (Å²) >= 11 is 1.30. The Morgan fingerprint density at radius 2 is 1.89 bits per heavy atom. The van der Waals surface area contributed by atoms with Gasteiger partial charge in [0, 0.05) is 5.39 Å². The number of furan rings is 1. The van der Waals surface area contributed by atoms with Crippen LogP contribution >= 0.6 is 11.3 Å². The van der Waals surface area contributed by atoms with E-state index in [2.05, 4.69) is 4.98 Å². The fraction of sp³-hybridized carbons (Fsp3) is 0.138. The van der Waals surface area contributed by atoms with E-state index in [-0.39, 0.29) is 11.3 Å². The first-order valence-corrected chi connectivity index (χ1v) is 12.7. The number of benzene rings is 3. The molecule has 0 unspecified atom stereocenters. The van der Waals surface area contributed by atoms with Crippen LogP contribution in [0.5, 0.6) is 5.75 Å². The Morgan fingerprint density at radius 1 is 1.11 bits per heavy atom. The summed E-state index contributed by atoms with van der Waals surface area (Å²) in [6.07, 6.45) is 0. The van der Waals surface area contributed by atoms with Gasteiger partial charge in [-0.2, -0.15) is 0 Å². The van der Waals surface area contributed by atoms with Crippen LogP contribution in [0.2, 0.25) is 0 Å². The van der Waals surface area contributed by atoms with Gasteiger partial charge in [0.05, 0.1) is 28.4 Å². The summed E-state index contributed by atoms with van der Waals surface area (Å²) in [6, 6.07) is 21.1. The van der Waals surface area contributed by atoms with Crippen LogP contribution in [0.15, 0.2) is 88.5 Å². The molecule has 3 aromatic carbocycles. The Morgan fingerprint density at radius 3 is 2.65 bits per heavy atom. The van der Waals surface area contributed by atoms with Gasteiger partial charge in [0.25, 0.3) is 5.91 Å². The van der Waals surface area contributed by atoms with Gasteiger partial charge in [-0.3, -0.25) is 14.5 Å². The third-order valence-corrected chi connectivity index (χ3v) is 7.38. The minimum Gasteiger partial charge on any atom is -0.503 e. The van der Waals surface area contributed by atoms with Crippen LogP contribution in [-0.2, 0) is 4.79 Å². The molecule has 1 amide bonds. The van der Waals surface area contributed by atoms with Crippen molar-refractivity contribution in [1.82, 2.24) is 4.98 Å². The highest BCUT2D eigenvalue weighted by atomic mass is 32.1. The van der Waals surface area contributed by atoms with E-state index in [9.17, 15) is 14.7 Å². The number of amides is 1. The van der Waals surface area contributed by atoms with E-state index in [0.29, 0.717) is 34.2 Å². The van der Waals surface area contributed by atoms with E-state index in [1.807, 2.05) is 74.5 Å². The third-order valence-electron chi connectivity index (χ3n) is 6.36. The molecule has 0 fully saturated rings. The number of aliphatic hydroxyl groups excluding tert-OH is 1. The van der Waals surface area contributed by atoms with Crippen molar-refractivity contribution in [2.24, 2.45) is 0 Å². The second-order valence-electron chi connectivity index (χ2n) is 8.79. The summed E-state index contributed by atoms with van der Waals surface area (Å²) in [5, 5.41) is 12.2. The van der Waals surface area contributed by atoms with Crippen LogP contribution in [0.25, 0.3) is 21.2 Å². The van der Waals surface area contributed by atoms with Crippen molar-refractivity contribution in [3.63, 3.8) is 0 Å². The van der Waals surface area contributed by atoms with Crippen LogP contribution in [0, 0.1) is 6.92 Å². The second kappa shape index (κ2) is 8.90. The number of anilines is 1. The molecule has 1 atom stereocenters. The first-order chi connectivity index (χ1) is 17.9. The van der Waals surface area contributed by atoms with Gasteiger partial charge in [-0.05, 0) is 49.7 Å². The first kappa shape index (κ1) is 23.0. The van der Waals surface area contributed by atoms with Crippen molar-refractivity contribution in [2.75, 3.05) is 11.5 Å². The molecule has 3 heterocycles. The summed E-state index contributed by atoms with van der Waals surface area (Å²) in [6.45, 7) is 4.40. The van der Waals surface area contributed by atoms with Crippen molar-refractivity contribution in [3.05, 3.63) is 101 Å². The lowest BCUT2D eigenvalue weighted by atomic mass is 9.94. The van der Waals surface area contributed by atoms with Crippen LogP contribution in [0.4, 0.5) is 5.13 Å². The zero-order chi connectivity index (χ0) is 25.7. The Labute approximate surface area is 216 Å². The number of aromatic nitrogens is 1. The molecule has 8 heteroatoms. The number of para-hydroxylation sites is 1. The Balaban J connectivity index is 1.48. The fourth-order valence-electron chi connectivity index (χ4n) is 4.58. The van der Waals surface area contributed by atoms with E-state index in [4.69, 9.17) is 9.15 Å². The number of carbonyl (C=O) groups excluding carboxylic acids is 2. The number of ether oxygens (including phenoxy) is 1. The Kier molecular flexibility index (Phi) is 5.53. The largest absolute Gasteiger partial charge is 0.503 e. The SMILES string of the molecule is CCOc1ccc2nc(N3C(=O)C(O)=C(C(=O)c4cc5ccccc5o4)[C@H]3c3ccc(C)cc3)sc2c1. The standard InChI is InChI=1S/C29H22N2O5S/c1-3-35-19-12-13-20-23(15-19)37-29(30-20)31-25(17-10-8-16(2)9-11-17)24(27(33)28(31)34)26(32)22-14-18-6-4-5-7-21(18)36-22/h4-15,25,33H,3H2,1-2H3/t25-/m1/s1. The number of aliphatic hydroxyl groups is 1. The van der Waals surface area contributed by atoms with E-state index in [1.54, 1.807) is 12.1 Å². The zero-order valence-corrected chi connectivity index (χ0v) is 20.9. The minimum atomic E-state index is -0.874. The summed E-state index contributed by atoms with van der Waals surface area (Å²) in [5.74, 6) is -1.08. The lowest BCUT2D eigenvalue weighted by Gasteiger charge is -2.24. The Bertz CT molecular complexity index is 1680. The van der Waals surface area contributed by atoms with Crippen molar-refractivity contribution in [2.45, 2.75) is 19.9 Å². The normalized spacial score (nSPS) is 15.8. The van der Waals surface area contributed by atoms with E-state index >= 15 is 0 Å². The van der Waals surface area contributed by atoms with Gasteiger partial charge in [0.2, 0.25) is 5.78 Å². The molecule has 37 heavy (non-hydrogen) atoms. The van der Waals surface area contributed by atoms with Gasteiger partial charge < -0.3 is 14.3 Å². The van der Waals surface area contributed by atoms with E-state index in [1.165, 1.54) is 16.2 Å². The van der Waals surface area contributed by atoms with Crippen LogP contribution in [-0.4, -0.2) is 28.4 Å². The molecule has 0 spiro atoms. The molecule has 1 aliphatic heterocycles. The molecular formula is C29H22N2O5S. The van der Waals surface area contributed by atoms with Gasteiger partial charge in [-0.1, -0.05) is 59.4 Å². The van der Waals surface area contributed by atoms with Gasteiger partial charge in [-0.25, -0.2) is 4.98 Å². The quantitative estimate of drug-likeness (QED) is 0.261. The molecule has 184 valence electrons. The highest BCUT2D eigenvalue weighted by Crippen LogP contribution is 2.44. The van der Waals surface area contributed by atoms with Crippen molar-refractivity contribution >= 4 is 49.3 Å². The maximum Gasteiger partial charge on any atom is 0.296 e. The van der Waals surface area contributed by atoms with Gasteiger partial charge in [0.15, 0.2) is 16.7 Å². The maximum atomic E-state index is 13.8. The molecule has 0 aliphatic carbocycles. The molecule has 7 nitrogen and oxygen atoms in total. The number of aryl methyl sites for hydroxylation is 1. The molecular weight excluding hydrogens is 488 g/mol. The lowest BCUT2D eigenvalue weighted by Crippen LogP contribution is -2.30. The highest BCUT2D eigenvalue weighted by Gasteiger charge is 2.46. The molecule has 1 aliphatic rings. The number of fused-ring (bicyclic) bond motifs is 2. The van der Waals surface area contributed by atoms with Gasteiger partial charge in [-0.15, -0.1) is 0 Å². The summed E-state index contributed by atoms with van der Waals surface area (Å²) in [7, 11) is 0. The third kappa shape index (κ3) is 3.86. The smallest absolute Gasteiger partial charge is 0.296 e. The average Bonchev–Trinajstić information content (AvgIpc) is 3.58. The number of ketones is 1. The number of carbonyl (C=O) groups is 2. The summed E-state index contributed by atoms with van der Waals surface area (Å²) in [5.41, 5.74) is 2.91. The number of thiazole rings is 1. The molecule has 0 bridgehead atoms. The molecule has 2 aromatic heterocycles. The fourth-order valence-corrected chi connectivity index (χ4v) is 5.60. The summed E-state index contributed by atoms with van der Waals surface area (Å²) < 4.78 is 12.2. The molecule has 1 N–H and O–H groups in total. The molecule has 0 saturated carbocycles. The zero-order valence-electron chi connectivity index (χ0n) is 20.1. The highest BCUT2D eigenvalue weighted by molar-refractivity contribution is 7.22. The predicted octanol–water partition coefficient (Wildman–Crippen LogP) is 6.53. The molecule has 0 saturated heterocycles. The van der Waals surface area contributed by atoms with E-state index < -0.39 is 23.5 Å². The van der Waals surface area contributed by atoms with Crippen LogP contribution in [0.3, 0.4) is 0 Å². The minimum absolute atomic E-state index is 0.0397. The number of hydrogen-bond acceptors (Lipinski definition) is 7. The number of nitrogens with zero attached hydrogens (tertiary/aromatic N) is 2. The van der Waals surface area contributed by atoms with E-state index in [0.717, 1.165) is 15.6 Å². The molecule has 6 rings (SSSR count). The number of rotatable bonds is 6. The molecule has 5 aromatic rings. The average molecular weight is 511 g/mol. The van der Waals surface area contributed by atoms with Gasteiger partial charge in [0.1, 0.15) is 11.3 Å².